The summed E-state index contributed by atoms with van der Waals surface area (Å²) >= 11 is 5.89. The van der Waals surface area contributed by atoms with Crippen LogP contribution in [0.25, 0.3) is 0 Å². The lowest BCUT2D eigenvalue weighted by Crippen LogP contribution is -2.24. The molecule has 1 amide bonds. The maximum atomic E-state index is 12.1. The van der Waals surface area contributed by atoms with Crippen molar-refractivity contribution in [2.45, 2.75) is 13.1 Å². The van der Waals surface area contributed by atoms with Crippen molar-refractivity contribution in [2.24, 2.45) is 0 Å². The molecule has 0 aliphatic rings. The zero-order valence-corrected chi connectivity index (χ0v) is 14.0. The Morgan fingerprint density at radius 1 is 1.22 bits per heavy atom. The third-order valence-corrected chi connectivity index (χ3v) is 3.84. The van der Waals surface area contributed by atoms with Gasteiger partial charge in [0.2, 0.25) is 10.0 Å². The quantitative estimate of drug-likeness (QED) is 0.827. The lowest BCUT2D eigenvalue weighted by molar-refractivity contribution is 0.0950. The highest BCUT2D eigenvalue weighted by Crippen LogP contribution is 2.10. The van der Waals surface area contributed by atoms with Gasteiger partial charge in [0.15, 0.2) is 0 Å². The summed E-state index contributed by atoms with van der Waals surface area (Å²) in [6.45, 7) is 0.382. The van der Waals surface area contributed by atoms with E-state index in [1.165, 1.54) is 6.20 Å². The van der Waals surface area contributed by atoms with Gasteiger partial charge in [-0.15, -0.1) is 0 Å². The smallest absolute Gasteiger partial charge is 0.251 e. The summed E-state index contributed by atoms with van der Waals surface area (Å²) in [4.78, 5) is 16.2. The standard InChI is InChI=1S/C15H16ClN3O3S/c1-23(21,22)19-10-14-8-12(5-6-17-14)15(20)18-9-11-3-2-4-13(16)7-11/h2-8,19H,9-10H2,1H3,(H,18,20). The second kappa shape index (κ2) is 7.54. The molecule has 0 unspecified atom stereocenters. The number of hydrogen-bond donors (Lipinski definition) is 2. The Balaban J connectivity index is 1.99. The molecule has 0 spiro atoms. The van der Waals surface area contributed by atoms with Crippen LogP contribution in [0.15, 0.2) is 42.6 Å². The molecule has 2 aromatic rings. The van der Waals surface area contributed by atoms with Crippen molar-refractivity contribution in [1.82, 2.24) is 15.0 Å². The minimum absolute atomic E-state index is 0.0360. The molecular weight excluding hydrogens is 338 g/mol. The maximum Gasteiger partial charge on any atom is 0.251 e. The van der Waals surface area contributed by atoms with Gasteiger partial charge in [-0.3, -0.25) is 9.78 Å². The minimum atomic E-state index is -3.31. The monoisotopic (exact) mass is 353 g/mol. The summed E-state index contributed by atoms with van der Waals surface area (Å²) in [6, 6.07) is 10.3. The van der Waals surface area contributed by atoms with Gasteiger partial charge < -0.3 is 5.32 Å². The van der Waals surface area contributed by atoms with Crippen LogP contribution in [0.3, 0.4) is 0 Å². The van der Waals surface area contributed by atoms with E-state index >= 15 is 0 Å². The topological polar surface area (TPSA) is 88.2 Å². The van der Waals surface area contributed by atoms with Crippen molar-refractivity contribution >= 4 is 27.5 Å². The van der Waals surface area contributed by atoms with Crippen molar-refractivity contribution in [1.29, 1.82) is 0 Å². The Bertz CT molecular complexity index is 809. The minimum Gasteiger partial charge on any atom is -0.348 e. The fraction of sp³-hybridized carbons (Fsp3) is 0.200. The van der Waals surface area contributed by atoms with Gasteiger partial charge in [-0.2, -0.15) is 0 Å². The van der Waals surface area contributed by atoms with Gasteiger partial charge in [0.25, 0.3) is 5.91 Å². The zero-order valence-electron chi connectivity index (χ0n) is 12.4. The summed E-state index contributed by atoms with van der Waals surface area (Å²) < 4.78 is 24.5. The molecule has 8 heteroatoms. The van der Waals surface area contributed by atoms with E-state index in [1.807, 2.05) is 12.1 Å². The average molecular weight is 354 g/mol. The SMILES string of the molecule is CS(=O)(=O)NCc1cc(C(=O)NCc2cccc(Cl)c2)ccn1. The summed E-state index contributed by atoms with van der Waals surface area (Å²) in [7, 11) is -3.31. The Kier molecular flexibility index (Phi) is 5.70. The van der Waals surface area contributed by atoms with Crippen LogP contribution in [-0.4, -0.2) is 25.6 Å². The number of carbonyl (C=O) groups is 1. The molecule has 0 bridgehead atoms. The first-order valence-corrected chi connectivity index (χ1v) is 9.02. The third-order valence-electron chi connectivity index (χ3n) is 2.94. The molecule has 0 aliphatic carbocycles. The van der Waals surface area contributed by atoms with E-state index in [-0.39, 0.29) is 12.5 Å². The van der Waals surface area contributed by atoms with Crippen LogP contribution >= 0.6 is 11.6 Å². The number of nitrogens with one attached hydrogen (secondary N) is 2. The van der Waals surface area contributed by atoms with Crippen molar-refractivity contribution in [3.8, 4) is 0 Å². The first kappa shape index (κ1) is 17.4. The number of amides is 1. The number of carbonyl (C=O) groups excluding carboxylic acids is 1. The molecular formula is C15H16ClN3O3S. The van der Waals surface area contributed by atoms with Crippen molar-refractivity contribution in [2.75, 3.05) is 6.26 Å². The molecule has 2 rings (SSSR count). The summed E-state index contributed by atoms with van der Waals surface area (Å²) in [5.41, 5.74) is 1.76. The molecule has 122 valence electrons. The number of hydrogen-bond acceptors (Lipinski definition) is 4. The van der Waals surface area contributed by atoms with Gasteiger partial charge in [0.1, 0.15) is 0 Å². The predicted molar refractivity (Wildman–Crippen MR) is 88.5 cm³/mol. The van der Waals surface area contributed by atoms with E-state index in [0.29, 0.717) is 22.8 Å². The van der Waals surface area contributed by atoms with E-state index < -0.39 is 10.0 Å². The van der Waals surface area contributed by atoms with E-state index in [9.17, 15) is 13.2 Å². The second-order valence-corrected chi connectivity index (χ2v) is 7.21. The fourth-order valence-electron chi connectivity index (χ4n) is 1.85. The Labute approximate surface area is 139 Å². The lowest BCUT2D eigenvalue weighted by atomic mass is 10.2. The molecule has 2 N–H and O–H groups in total. The van der Waals surface area contributed by atoms with Gasteiger partial charge in [-0.1, -0.05) is 23.7 Å². The van der Waals surface area contributed by atoms with Gasteiger partial charge >= 0.3 is 0 Å². The number of aromatic nitrogens is 1. The summed E-state index contributed by atoms with van der Waals surface area (Å²) in [5.74, 6) is -0.270. The van der Waals surface area contributed by atoms with E-state index in [2.05, 4.69) is 15.0 Å². The molecule has 0 fully saturated rings. The molecule has 0 saturated carbocycles. The summed E-state index contributed by atoms with van der Waals surface area (Å²) in [6.07, 6.45) is 2.53. The third kappa shape index (κ3) is 5.97. The highest BCUT2D eigenvalue weighted by Gasteiger charge is 2.08. The van der Waals surface area contributed by atoms with Crippen molar-refractivity contribution in [3.05, 3.63) is 64.4 Å². The predicted octanol–water partition coefficient (Wildman–Crippen LogP) is 1.71. The number of sulfonamides is 1. The molecule has 6 nitrogen and oxygen atoms in total. The summed E-state index contributed by atoms with van der Waals surface area (Å²) in [5, 5.41) is 3.38. The number of benzene rings is 1. The van der Waals surface area contributed by atoms with Crippen molar-refractivity contribution in [3.63, 3.8) is 0 Å². The Hall–Kier alpha value is -1.96. The molecule has 0 radical (unpaired) electrons. The van der Waals surface area contributed by atoms with E-state index in [4.69, 9.17) is 11.6 Å². The molecule has 0 saturated heterocycles. The Morgan fingerprint density at radius 3 is 2.70 bits per heavy atom. The van der Waals surface area contributed by atoms with Gasteiger partial charge in [-0.05, 0) is 29.8 Å². The largest absolute Gasteiger partial charge is 0.348 e. The van der Waals surface area contributed by atoms with Crippen LogP contribution < -0.4 is 10.0 Å². The number of halogens is 1. The molecule has 0 aliphatic heterocycles. The fourth-order valence-corrected chi connectivity index (χ4v) is 2.48. The van der Waals surface area contributed by atoms with Crippen LogP contribution in [-0.2, 0) is 23.1 Å². The van der Waals surface area contributed by atoms with Gasteiger partial charge in [-0.25, -0.2) is 13.1 Å². The second-order valence-electron chi connectivity index (χ2n) is 4.94. The molecule has 1 aromatic carbocycles. The molecule has 1 aromatic heterocycles. The molecule has 1 heterocycles. The molecule has 23 heavy (non-hydrogen) atoms. The van der Waals surface area contributed by atoms with Gasteiger partial charge in [0, 0.05) is 23.3 Å². The first-order chi connectivity index (χ1) is 10.8. The van der Waals surface area contributed by atoms with Crippen LogP contribution in [0.4, 0.5) is 0 Å². The van der Waals surface area contributed by atoms with E-state index in [1.54, 1.807) is 24.3 Å². The van der Waals surface area contributed by atoms with Gasteiger partial charge in [0.05, 0.1) is 18.5 Å². The van der Waals surface area contributed by atoms with Crippen LogP contribution in [0.1, 0.15) is 21.6 Å². The molecule has 0 atom stereocenters. The zero-order chi connectivity index (χ0) is 16.9. The lowest BCUT2D eigenvalue weighted by Gasteiger charge is -2.07. The van der Waals surface area contributed by atoms with Crippen LogP contribution in [0, 0.1) is 0 Å². The van der Waals surface area contributed by atoms with E-state index in [0.717, 1.165) is 11.8 Å². The number of rotatable bonds is 6. The number of pyridine rings is 1. The van der Waals surface area contributed by atoms with Crippen LogP contribution in [0.5, 0.6) is 0 Å². The normalized spacial score (nSPS) is 11.2. The maximum absolute atomic E-state index is 12.1. The average Bonchev–Trinajstić information content (AvgIpc) is 2.50. The van der Waals surface area contributed by atoms with Crippen molar-refractivity contribution < 1.29 is 13.2 Å². The Morgan fingerprint density at radius 2 is 2.00 bits per heavy atom. The first-order valence-electron chi connectivity index (χ1n) is 6.76. The highest BCUT2D eigenvalue weighted by atomic mass is 35.5. The number of nitrogens with zero attached hydrogens (tertiary/aromatic N) is 1. The highest BCUT2D eigenvalue weighted by molar-refractivity contribution is 7.88. The van der Waals surface area contributed by atoms with Crippen LogP contribution in [0.2, 0.25) is 5.02 Å².